The fourth-order valence-corrected chi connectivity index (χ4v) is 4.02. The van der Waals surface area contributed by atoms with Gasteiger partial charge in [-0.2, -0.15) is 5.10 Å². The van der Waals surface area contributed by atoms with Crippen LogP contribution in [0.4, 0.5) is 0 Å². The number of hydrogen-bond acceptors (Lipinski definition) is 4. The average Bonchev–Trinajstić information content (AvgIpc) is 3.03. The van der Waals surface area contributed by atoms with E-state index in [0.717, 1.165) is 21.0 Å². The van der Waals surface area contributed by atoms with Crippen molar-refractivity contribution in [3.63, 3.8) is 0 Å². The predicted octanol–water partition coefficient (Wildman–Crippen LogP) is 5.07. The summed E-state index contributed by atoms with van der Waals surface area (Å²) >= 11 is 4.84. The van der Waals surface area contributed by atoms with E-state index in [1.54, 1.807) is 11.1 Å². The maximum Gasteiger partial charge on any atom is 0.239 e. The van der Waals surface area contributed by atoms with E-state index in [-0.39, 0.29) is 5.91 Å². The molecule has 0 unspecified atom stereocenters. The van der Waals surface area contributed by atoms with E-state index in [0.29, 0.717) is 17.5 Å². The first-order valence-corrected chi connectivity index (χ1v) is 10.2. The number of benzene rings is 3. The Balaban J connectivity index is 1.57. The molecular weight excluding hydrogens is 422 g/mol. The molecule has 1 aliphatic heterocycles. The molecule has 0 aromatic heterocycles. The van der Waals surface area contributed by atoms with Gasteiger partial charge >= 0.3 is 0 Å². The molecule has 1 saturated heterocycles. The highest BCUT2D eigenvalue weighted by Gasteiger charge is 2.28. The molecule has 0 bridgehead atoms. The molecule has 4 rings (SSSR count). The molecule has 4 nitrogen and oxygen atoms in total. The minimum Gasteiger partial charge on any atom is -0.285 e. The molecular formula is C21H16BrN3OS. The van der Waals surface area contributed by atoms with Crippen molar-refractivity contribution < 1.29 is 4.79 Å². The number of fused-ring (bicyclic) bond motifs is 1. The van der Waals surface area contributed by atoms with Crippen LogP contribution in [0, 0.1) is 0 Å². The van der Waals surface area contributed by atoms with Crippen LogP contribution in [0.3, 0.4) is 0 Å². The highest BCUT2D eigenvalue weighted by molar-refractivity contribution is 9.10. The summed E-state index contributed by atoms with van der Waals surface area (Å²) in [5, 5.41) is 11.4. The average molecular weight is 438 g/mol. The summed E-state index contributed by atoms with van der Waals surface area (Å²) in [7, 11) is 0. The molecule has 6 heteroatoms. The zero-order valence-electron chi connectivity index (χ0n) is 14.4. The largest absolute Gasteiger partial charge is 0.285 e. The summed E-state index contributed by atoms with van der Waals surface area (Å²) < 4.78 is 1.02. The fourth-order valence-electron chi connectivity index (χ4n) is 2.92. The van der Waals surface area contributed by atoms with Crippen LogP contribution < -0.4 is 0 Å². The number of carbonyl (C=O) groups is 1. The maximum atomic E-state index is 12.4. The zero-order chi connectivity index (χ0) is 18.6. The summed E-state index contributed by atoms with van der Waals surface area (Å²) in [6, 6.07) is 22.2. The second-order valence-corrected chi connectivity index (χ2v) is 7.94. The van der Waals surface area contributed by atoms with Gasteiger partial charge in [-0.05, 0) is 34.0 Å². The molecule has 0 radical (unpaired) electrons. The Bertz CT molecular complexity index is 1040. The van der Waals surface area contributed by atoms with Crippen LogP contribution in [0.2, 0.25) is 0 Å². The molecule has 0 saturated carbocycles. The molecule has 1 amide bonds. The van der Waals surface area contributed by atoms with E-state index in [9.17, 15) is 4.79 Å². The van der Waals surface area contributed by atoms with Crippen LogP contribution in [-0.4, -0.2) is 27.9 Å². The van der Waals surface area contributed by atoms with Gasteiger partial charge in [0.1, 0.15) is 0 Å². The summed E-state index contributed by atoms with van der Waals surface area (Å²) in [6.45, 7) is 0.500. The smallest absolute Gasteiger partial charge is 0.239 e. The number of amidine groups is 1. The van der Waals surface area contributed by atoms with Gasteiger partial charge in [0.25, 0.3) is 0 Å². The Hall–Kier alpha value is -2.44. The lowest BCUT2D eigenvalue weighted by Crippen LogP contribution is -2.28. The van der Waals surface area contributed by atoms with Gasteiger partial charge in [0, 0.05) is 4.47 Å². The minimum atomic E-state index is 0.0607. The van der Waals surface area contributed by atoms with Gasteiger partial charge in [-0.15, -0.1) is 5.10 Å². The van der Waals surface area contributed by atoms with Crippen LogP contribution >= 0.6 is 27.7 Å². The van der Waals surface area contributed by atoms with Crippen LogP contribution in [0.1, 0.15) is 11.1 Å². The Kier molecular flexibility index (Phi) is 5.36. The van der Waals surface area contributed by atoms with Gasteiger partial charge in [0.15, 0.2) is 5.17 Å². The Morgan fingerprint density at radius 3 is 2.67 bits per heavy atom. The molecule has 27 heavy (non-hydrogen) atoms. The zero-order valence-corrected chi connectivity index (χ0v) is 16.8. The number of amides is 1. The molecule has 0 spiro atoms. The summed E-state index contributed by atoms with van der Waals surface area (Å²) in [6.07, 6.45) is 1.69. The molecule has 0 atom stereocenters. The third-order valence-electron chi connectivity index (χ3n) is 4.29. The highest BCUT2D eigenvalue weighted by atomic mass is 79.9. The van der Waals surface area contributed by atoms with Crippen molar-refractivity contribution in [2.45, 2.75) is 6.54 Å². The third-order valence-corrected chi connectivity index (χ3v) is 5.77. The fraction of sp³-hybridized carbons (Fsp3) is 0.0952. The van der Waals surface area contributed by atoms with Crippen molar-refractivity contribution in [2.24, 2.45) is 10.2 Å². The van der Waals surface area contributed by atoms with Crippen LogP contribution in [0.15, 0.2) is 81.4 Å². The van der Waals surface area contributed by atoms with Crippen molar-refractivity contribution in [1.29, 1.82) is 0 Å². The third kappa shape index (κ3) is 4.12. The van der Waals surface area contributed by atoms with E-state index in [1.807, 2.05) is 42.5 Å². The molecule has 3 aromatic carbocycles. The van der Waals surface area contributed by atoms with Crippen molar-refractivity contribution in [3.05, 3.63) is 82.3 Å². The Morgan fingerprint density at radius 1 is 1.04 bits per heavy atom. The van der Waals surface area contributed by atoms with Gasteiger partial charge in [-0.25, -0.2) is 0 Å². The molecule has 3 aromatic rings. The van der Waals surface area contributed by atoms with Gasteiger partial charge in [0.05, 0.1) is 18.5 Å². The van der Waals surface area contributed by atoms with Gasteiger partial charge in [-0.1, -0.05) is 82.3 Å². The lowest BCUT2D eigenvalue weighted by atomic mass is 10.0. The first kappa shape index (κ1) is 17.9. The quantitative estimate of drug-likeness (QED) is 0.422. The van der Waals surface area contributed by atoms with E-state index in [2.05, 4.69) is 50.4 Å². The van der Waals surface area contributed by atoms with E-state index in [1.165, 1.54) is 17.1 Å². The SMILES string of the molecule is O=C1CS/C(=N\N=Cc2ccc(Br)cc2)N1Cc1cccc2ccccc12. The van der Waals surface area contributed by atoms with Gasteiger partial charge in [0.2, 0.25) is 5.91 Å². The molecule has 1 aliphatic rings. The first-order valence-electron chi connectivity index (χ1n) is 8.47. The molecule has 0 aliphatic carbocycles. The molecule has 1 fully saturated rings. The topological polar surface area (TPSA) is 45.0 Å². The second kappa shape index (κ2) is 8.06. The Morgan fingerprint density at radius 2 is 1.81 bits per heavy atom. The first-order chi connectivity index (χ1) is 13.2. The number of thioether (sulfide) groups is 1. The number of carbonyl (C=O) groups excluding carboxylic acids is 1. The normalized spacial score (nSPS) is 16.1. The summed E-state index contributed by atoms with van der Waals surface area (Å²) in [5.74, 6) is 0.461. The molecule has 134 valence electrons. The number of rotatable bonds is 4. The molecule has 1 heterocycles. The molecule has 0 N–H and O–H groups in total. The lowest BCUT2D eigenvalue weighted by Gasteiger charge is -2.16. The second-order valence-electron chi connectivity index (χ2n) is 6.09. The number of halogens is 1. The van der Waals surface area contributed by atoms with Crippen molar-refractivity contribution in [2.75, 3.05) is 5.75 Å². The summed E-state index contributed by atoms with van der Waals surface area (Å²) in [4.78, 5) is 14.1. The standard InChI is InChI=1S/C21H16BrN3OS/c22-18-10-8-15(9-11-18)12-23-24-21-25(20(26)14-27-21)13-17-6-3-5-16-4-1-2-7-19(16)17/h1-12H,13-14H2/b23-12?,24-21-. The Labute approximate surface area is 170 Å². The number of nitrogens with zero attached hydrogens (tertiary/aromatic N) is 3. The van der Waals surface area contributed by atoms with Gasteiger partial charge in [-0.3, -0.25) is 9.69 Å². The minimum absolute atomic E-state index is 0.0607. The van der Waals surface area contributed by atoms with E-state index >= 15 is 0 Å². The summed E-state index contributed by atoms with van der Waals surface area (Å²) in [5.41, 5.74) is 2.06. The van der Waals surface area contributed by atoms with E-state index in [4.69, 9.17) is 0 Å². The van der Waals surface area contributed by atoms with Crippen molar-refractivity contribution >= 4 is 55.8 Å². The predicted molar refractivity (Wildman–Crippen MR) is 116 cm³/mol. The van der Waals surface area contributed by atoms with Gasteiger partial charge < -0.3 is 0 Å². The highest BCUT2D eigenvalue weighted by Crippen LogP contribution is 2.25. The monoisotopic (exact) mass is 437 g/mol. The van der Waals surface area contributed by atoms with Crippen LogP contribution in [0.25, 0.3) is 10.8 Å². The number of hydrogen-bond donors (Lipinski definition) is 0. The van der Waals surface area contributed by atoms with Crippen LogP contribution in [-0.2, 0) is 11.3 Å². The van der Waals surface area contributed by atoms with E-state index < -0.39 is 0 Å². The van der Waals surface area contributed by atoms with Crippen molar-refractivity contribution in [1.82, 2.24) is 4.90 Å². The van der Waals surface area contributed by atoms with Crippen LogP contribution in [0.5, 0.6) is 0 Å². The van der Waals surface area contributed by atoms with Crippen molar-refractivity contribution in [3.8, 4) is 0 Å². The maximum absolute atomic E-state index is 12.4. The lowest BCUT2D eigenvalue weighted by molar-refractivity contribution is -0.124.